The van der Waals surface area contributed by atoms with Gasteiger partial charge >= 0.3 is 0 Å². The summed E-state index contributed by atoms with van der Waals surface area (Å²) >= 11 is 6.47. The summed E-state index contributed by atoms with van der Waals surface area (Å²) in [6, 6.07) is 9.12. The maximum Gasteiger partial charge on any atom is 0.231 e. The van der Waals surface area contributed by atoms with Crippen molar-refractivity contribution >= 4 is 11.6 Å². The van der Waals surface area contributed by atoms with Gasteiger partial charge in [-0.15, -0.1) is 0 Å². The lowest BCUT2D eigenvalue weighted by Crippen LogP contribution is -2.21. The fraction of sp³-hybridized carbons (Fsp3) is 0.190. The number of nitrogens with zero attached hydrogens (tertiary/aromatic N) is 1. The van der Waals surface area contributed by atoms with Gasteiger partial charge in [0.05, 0.1) is 18.1 Å². The third-order valence-corrected chi connectivity index (χ3v) is 4.92. The van der Waals surface area contributed by atoms with Crippen LogP contribution in [0.4, 0.5) is 0 Å². The molecule has 2 aromatic carbocycles. The van der Waals surface area contributed by atoms with Gasteiger partial charge in [0.15, 0.2) is 23.0 Å². The highest BCUT2D eigenvalue weighted by Gasteiger charge is 2.34. The van der Waals surface area contributed by atoms with Gasteiger partial charge in [-0.3, -0.25) is 0 Å². The lowest BCUT2D eigenvalue weighted by Gasteiger charge is -2.27. The Balaban J connectivity index is 1.88. The Morgan fingerprint density at radius 1 is 1.28 bits per heavy atom. The SMILES string of the molecule is C=CCOc1c(Cl)cc([C@H]2C(C#N)=C(N)Oc3cc4c(cc32)OCO4)cc1OC. The standard InChI is InChI=1S/C21H17ClN2O5/c1-3-4-26-20-14(22)5-11(6-18(20)25-2)19-12-7-16-17(28-10-27-16)8-15(12)29-21(24)13(19)9-23/h3,5-8,19H,1,4,10,24H2,2H3/t19-/m1/s1. The molecule has 0 aromatic heterocycles. The first-order valence-corrected chi connectivity index (χ1v) is 9.07. The number of rotatable bonds is 5. The third-order valence-electron chi connectivity index (χ3n) is 4.64. The van der Waals surface area contributed by atoms with Gasteiger partial charge in [-0.2, -0.15) is 5.26 Å². The Morgan fingerprint density at radius 3 is 2.72 bits per heavy atom. The maximum atomic E-state index is 9.75. The van der Waals surface area contributed by atoms with Gasteiger partial charge in [-0.05, 0) is 23.8 Å². The van der Waals surface area contributed by atoms with Gasteiger partial charge in [0.2, 0.25) is 12.7 Å². The monoisotopic (exact) mass is 412 g/mol. The number of methoxy groups -OCH3 is 1. The van der Waals surface area contributed by atoms with Crippen LogP contribution >= 0.6 is 11.6 Å². The molecule has 0 saturated carbocycles. The van der Waals surface area contributed by atoms with E-state index in [-0.39, 0.29) is 24.9 Å². The van der Waals surface area contributed by atoms with Gasteiger partial charge in [-0.25, -0.2) is 0 Å². The van der Waals surface area contributed by atoms with E-state index in [9.17, 15) is 5.26 Å². The highest BCUT2D eigenvalue weighted by Crippen LogP contribution is 2.49. The molecule has 2 heterocycles. The number of hydrogen-bond acceptors (Lipinski definition) is 7. The maximum absolute atomic E-state index is 9.75. The highest BCUT2D eigenvalue weighted by atomic mass is 35.5. The first kappa shape index (κ1) is 18.8. The van der Waals surface area contributed by atoms with E-state index in [0.29, 0.717) is 44.9 Å². The van der Waals surface area contributed by atoms with Gasteiger partial charge in [0.25, 0.3) is 0 Å². The summed E-state index contributed by atoms with van der Waals surface area (Å²) in [6.45, 7) is 4.02. The molecule has 0 unspecified atom stereocenters. The molecule has 0 amide bonds. The number of fused-ring (bicyclic) bond motifs is 2. The molecule has 8 heteroatoms. The summed E-state index contributed by atoms with van der Waals surface area (Å²) in [4.78, 5) is 0. The van der Waals surface area contributed by atoms with E-state index >= 15 is 0 Å². The van der Waals surface area contributed by atoms with Crippen LogP contribution in [0.15, 0.2) is 48.4 Å². The second-order valence-corrected chi connectivity index (χ2v) is 6.71. The minimum Gasteiger partial charge on any atom is -0.493 e. The predicted molar refractivity (Wildman–Crippen MR) is 106 cm³/mol. The molecule has 2 aliphatic rings. The summed E-state index contributed by atoms with van der Waals surface area (Å²) in [6.07, 6.45) is 1.61. The van der Waals surface area contributed by atoms with Crippen LogP contribution < -0.4 is 29.4 Å². The van der Waals surface area contributed by atoms with Crippen LogP contribution in [0.25, 0.3) is 0 Å². The molecular formula is C21H17ClN2O5. The molecule has 2 aromatic rings. The summed E-state index contributed by atoms with van der Waals surface area (Å²) < 4.78 is 27.7. The average Bonchev–Trinajstić information content (AvgIpc) is 3.17. The van der Waals surface area contributed by atoms with Crippen molar-refractivity contribution in [2.45, 2.75) is 5.92 Å². The molecular weight excluding hydrogens is 396 g/mol. The van der Waals surface area contributed by atoms with E-state index in [1.807, 2.05) is 0 Å². The van der Waals surface area contributed by atoms with Crippen molar-refractivity contribution in [2.24, 2.45) is 5.73 Å². The Labute approximate surface area is 172 Å². The lowest BCUT2D eigenvalue weighted by atomic mass is 9.83. The molecule has 0 fully saturated rings. The number of halogens is 1. The zero-order valence-electron chi connectivity index (χ0n) is 15.5. The van der Waals surface area contributed by atoms with Crippen molar-refractivity contribution in [3.63, 3.8) is 0 Å². The number of ether oxygens (including phenoxy) is 5. The number of nitriles is 1. The Bertz CT molecular complexity index is 1070. The summed E-state index contributed by atoms with van der Waals surface area (Å²) in [7, 11) is 1.52. The Morgan fingerprint density at radius 2 is 2.03 bits per heavy atom. The van der Waals surface area contributed by atoms with Crippen LogP contribution in [-0.4, -0.2) is 20.5 Å². The normalized spacial score (nSPS) is 16.5. The van der Waals surface area contributed by atoms with Gasteiger partial charge in [0, 0.05) is 11.6 Å². The molecule has 4 rings (SSSR count). The number of nitrogens with two attached hydrogens (primary N) is 1. The topological polar surface area (TPSA) is 96.0 Å². The molecule has 1 atom stereocenters. The molecule has 29 heavy (non-hydrogen) atoms. The van der Waals surface area contributed by atoms with E-state index in [1.54, 1.807) is 30.3 Å². The van der Waals surface area contributed by atoms with Crippen LogP contribution in [0, 0.1) is 11.3 Å². The molecule has 2 aliphatic heterocycles. The number of hydrogen-bond donors (Lipinski definition) is 1. The van der Waals surface area contributed by atoms with Crippen molar-refractivity contribution in [3.8, 4) is 34.8 Å². The summed E-state index contributed by atoms with van der Waals surface area (Å²) in [5.74, 6) is 1.92. The molecule has 0 spiro atoms. The molecule has 0 saturated heterocycles. The van der Waals surface area contributed by atoms with Crippen molar-refractivity contribution < 1.29 is 23.7 Å². The van der Waals surface area contributed by atoms with Crippen LogP contribution in [-0.2, 0) is 0 Å². The minimum atomic E-state index is -0.530. The molecule has 148 valence electrons. The first-order valence-electron chi connectivity index (χ1n) is 8.69. The van der Waals surface area contributed by atoms with E-state index in [1.165, 1.54) is 7.11 Å². The largest absolute Gasteiger partial charge is 0.493 e. The Hall–Kier alpha value is -3.50. The molecule has 0 radical (unpaired) electrons. The summed E-state index contributed by atoms with van der Waals surface area (Å²) in [5.41, 5.74) is 7.70. The molecule has 0 bridgehead atoms. The van der Waals surface area contributed by atoms with Gasteiger partial charge in [-0.1, -0.05) is 24.3 Å². The second kappa shape index (κ2) is 7.49. The molecule has 7 nitrogen and oxygen atoms in total. The number of benzene rings is 2. The van der Waals surface area contributed by atoms with Crippen LogP contribution in [0.2, 0.25) is 5.02 Å². The van der Waals surface area contributed by atoms with Crippen LogP contribution in [0.3, 0.4) is 0 Å². The van der Waals surface area contributed by atoms with Crippen molar-refractivity contribution in [1.82, 2.24) is 0 Å². The molecule has 2 N–H and O–H groups in total. The highest BCUT2D eigenvalue weighted by molar-refractivity contribution is 6.32. The first-order chi connectivity index (χ1) is 14.1. The van der Waals surface area contributed by atoms with Crippen molar-refractivity contribution in [3.05, 3.63) is 64.5 Å². The fourth-order valence-corrected chi connectivity index (χ4v) is 3.65. The summed E-state index contributed by atoms with van der Waals surface area (Å²) in [5, 5.41) is 10.1. The quantitative estimate of drug-likeness (QED) is 0.745. The van der Waals surface area contributed by atoms with Crippen LogP contribution in [0.5, 0.6) is 28.7 Å². The average molecular weight is 413 g/mol. The fourth-order valence-electron chi connectivity index (χ4n) is 3.38. The number of allylic oxidation sites excluding steroid dienone is 1. The van der Waals surface area contributed by atoms with Gasteiger partial charge < -0.3 is 29.4 Å². The Kier molecular flexibility index (Phi) is 4.87. The van der Waals surface area contributed by atoms with E-state index in [0.717, 1.165) is 0 Å². The molecule has 0 aliphatic carbocycles. The van der Waals surface area contributed by atoms with Crippen molar-refractivity contribution in [2.75, 3.05) is 20.5 Å². The predicted octanol–water partition coefficient (Wildman–Crippen LogP) is 3.86. The van der Waals surface area contributed by atoms with E-state index < -0.39 is 5.92 Å². The zero-order chi connectivity index (χ0) is 20.5. The third kappa shape index (κ3) is 3.18. The zero-order valence-corrected chi connectivity index (χ0v) is 16.3. The lowest BCUT2D eigenvalue weighted by molar-refractivity contribution is 0.174. The minimum absolute atomic E-state index is 0.0194. The van der Waals surface area contributed by atoms with E-state index in [2.05, 4.69) is 12.6 Å². The smallest absolute Gasteiger partial charge is 0.231 e. The van der Waals surface area contributed by atoms with Crippen molar-refractivity contribution in [1.29, 1.82) is 5.26 Å². The van der Waals surface area contributed by atoms with Crippen LogP contribution in [0.1, 0.15) is 17.0 Å². The second-order valence-electron chi connectivity index (χ2n) is 6.30. The van der Waals surface area contributed by atoms with E-state index in [4.69, 9.17) is 41.0 Å². The van der Waals surface area contributed by atoms with Gasteiger partial charge in [0.1, 0.15) is 24.0 Å².